The van der Waals surface area contributed by atoms with Crippen molar-refractivity contribution in [1.82, 2.24) is 10.6 Å². The number of aliphatic hydroxyl groups excluding tert-OH is 1. The van der Waals surface area contributed by atoms with Crippen LogP contribution in [0.2, 0.25) is 0 Å². The Morgan fingerprint density at radius 1 is 1.19 bits per heavy atom. The van der Waals surface area contributed by atoms with Crippen molar-refractivity contribution in [2.24, 2.45) is 10.4 Å². The molecule has 6 heteroatoms. The third-order valence-electron chi connectivity index (χ3n) is 5.02. The number of rotatable bonds is 11. The lowest BCUT2D eigenvalue weighted by atomic mass is 9.84. The average molecular weight is 489 g/mol. The lowest BCUT2D eigenvalue weighted by molar-refractivity contribution is 0.131. The molecule has 0 spiro atoms. The Kier molecular flexibility index (Phi) is 12.7. The van der Waals surface area contributed by atoms with E-state index in [0.717, 1.165) is 51.3 Å². The van der Waals surface area contributed by atoms with Gasteiger partial charge in [0.15, 0.2) is 5.96 Å². The number of nitrogens with zero attached hydrogens (tertiary/aromatic N) is 1. The second-order valence-electron chi connectivity index (χ2n) is 7.19. The van der Waals surface area contributed by atoms with Crippen LogP contribution in [0.15, 0.2) is 35.3 Å². The molecule has 1 heterocycles. The smallest absolute Gasteiger partial charge is 0.191 e. The largest absolute Gasteiger partial charge is 0.396 e. The zero-order valence-electron chi connectivity index (χ0n) is 16.6. The lowest BCUT2D eigenvalue weighted by Crippen LogP contribution is -2.39. The Morgan fingerprint density at radius 3 is 2.67 bits per heavy atom. The molecule has 0 aliphatic carbocycles. The number of aryl methyl sites for hydroxylation is 1. The number of ether oxygens (including phenoxy) is 1. The lowest BCUT2D eigenvalue weighted by Gasteiger charge is -2.24. The fourth-order valence-corrected chi connectivity index (χ4v) is 3.36. The first-order chi connectivity index (χ1) is 12.8. The van der Waals surface area contributed by atoms with E-state index in [-0.39, 0.29) is 36.0 Å². The van der Waals surface area contributed by atoms with Crippen molar-refractivity contribution in [3.63, 3.8) is 0 Å². The minimum atomic E-state index is 0. The Bertz CT molecular complexity index is 519. The molecule has 1 atom stereocenters. The van der Waals surface area contributed by atoms with E-state index < -0.39 is 0 Å². The van der Waals surface area contributed by atoms with Crippen LogP contribution >= 0.6 is 24.0 Å². The fraction of sp³-hybridized carbons (Fsp3) is 0.667. The monoisotopic (exact) mass is 489 g/mol. The van der Waals surface area contributed by atoms with Gasteiger partial charge in [0.05, 0.1) is 13.2 Å². The maximum absolute atomic E-state index is 9.33. The van der Waals surface area contributed by atoms with Gasteiger partial charge in [0, 0.05) is 31.7 Å². The Morgan fingerprint density at radius 2 is 2.00 bits per heavy atom. The topological polar surface area (TPSA) is 65.9 Å². The summed E-state index contributed by atoms with van der Waals surface area (Å²) in [7, 11) is 0. The maximum Gasteiger partial charge on any atom is 0.191 e. The number of nitrogens with one attached hydrogen (secondary N) is 2. The standard InChI is InChI=1S/C21H35N3O2.HI/c1-2-22-20(24-17-21(12-15-25)13-16-26-18-21)23-14-8-4-7-11-19-9-5-3-6-10-19;/h3,5-6,9-10,25H,2,4,7-8,11-18H2,1H3,(H2,22,23,24);1H. The summed E-state index contributed by atoms with van der Waals surface area (Å²) in [6.07, 6.45) is 6.46. The van der Waals surface area contributed by atoms with Gasteiger partial charge in [-0.05, 0) is 44.6 Å². The molecule has 1 saturated heterocycles. The molecule has 0 bridgehead atoms. The van der Waals surface area contributed by atoms with E-state index in [1.165, 1.54) is 18.4 Å². The van der Waals surface area contributed by atoms with E-state index in [9.17, 15) is 5.11 Å². The molecule has 1 aliphatic heterocycles. The minimum absolute atomic E-state index is 0. The Labute approximate surface area is 181 Å². The molecule has 1 unspecified atom stereocenters. The van der Waals surface area contributed by atoms with Gasteiger partial charge >= 0.3 is 0 Å². The molecule has 0 radical (unpaired) electrons. The number of aliphatic hydroxyl groups is 1. The van der Waals surface area contributed by atoms with Crippen LogP contribution in [0.5, 0.6) is 0 Å². The molecule has 2 rings (SSSR count). The second kappa shape index (κ2) is 14.2. The molecule has 0 amide bonds. The summed E-state index contributed by atoms with van der Waals surface area (Å²) in [4.78, 5) is 4.75. The summed E-state index contributed by atoms with van der Waals surface area (Å²) in [5.74, 6) is 0.875. The van der Waals surface area contributed by atoms with Gasteiger partial charge < -0.3 is 20.5 Å². The number of hydrogen-bond donors (Lipinski definition) is 3. The van der Waals surface area contributed by atoms with E-state index >= 15 is 0 Å². The zero-order chi connectivity index (χ0) is 18.5. The van der Waals surface area contributed by atoms with Crippen LogP contribution in [-0.4, -0.2) is 50.5 Å². The summed E-state index contributed by atoms with van der Waals surface area (Å²) < 4.78 is 5.55. The Balaban J connectivity index is 0.00000364. The predicted octanol–water partition coefficient (Wildman–Crippen LogP) is 3.36. The number of unbranched alkanes of at least 4 members (excludes halogenated alkanes) is 2. The fourth-order valence-electron chi connectivity index (χ4n) is 3.36. The second-order valence-corrected chi connectivity index (χ2v) is 7.19. The third kappa shape index (κ3) is 9.25. The van der Waals surface area contributed by atoms with Gasteiger partial charge in [0.2, 0.25) is 0 Å². The number of halogens is 1. The number of guanidine groups is 1. The summed E-state index contributed by atoms with van der Waals surface area (Å²) in [6.45, 7) is 6.25. The summed E-state index contributed by atoms with van der Waals surface area (Å²) in [6, 6.07) is 10.7. The van der Waals surface area contributed by atoms with Crippen molar-refractivity contribution >= 4 is 29.9 Å². The predicted molar refractivity (Wildman–Crippen MR) is 123 cm³/mol. The van der Waals surface area contributed by atoms with E-state index in [0.29, 0.717) is 13.2 Å². The van der Waals surface area contributed by atoms with Gasteiger partial charge in [-0.2, -0.15) is 0 Å². The van der Waals surface area contributed by atoms with Gasteiger partial charge in [-0.25, -0.2) is 0 Å². The average Bonchev–Trinajstić information content (AvgIpc) is 3.12. The highest BCUT2D eigenvalue weighted by Gasteiger charge is 2.34. The van der Waals surface area contributed by atoms with Crippen molar-refractivity contribution in [3.8, 4) is 0 Å². The molecule has 1 aromatic rings. The van der Waals surface area contributed by atoms with E-state index in [1.807, 2.05) is 0 Å². The maximum atomic E-state index is 9.33. The molecule has 0 saturated carbocycles. The SMILES string of the molecule is CCNC(=NCC1(CCO)CCOC1)NCCCCCc1ccccc1.I. The molecule has 27 heavy (non-hydrogen) atoms. The van der Waals surface area contributed by atoms with Crippen LogP contribution in [0.1, 0.15) is 44.6 Å². The van der Waals surface area contributed by atoms with Gasteiger partial charge in [-0.15, -0.1) is 24.0 Å². The molecule has 154 valence electrons. The molecular weight excluding hydrogens is 453 g/mol. The highest BCUT2D eigenvalue weighted by atomic mass is 127. The summed E-state index contributed by atoms with van der Waals surface area (Å²) in [5, 5.41) is 16.1. The normalized spacial score (nSPS) is 19.6. The highest BCUT2D eigenvalue weighted by molar-refractivity contribution is 14.0. The van der Waals surface area contributed by atoms with Crippen LogP contribution in [0.4, 0.5) is 0 Å². The van der Waals surface area contributed by atoms with Crippen LogP contribution in [-0.2, 0) is 11.2 Å². The molecule has 1 fully saturated rings. The number of benzene rings is 1. The molecule has 0 aromatic heterocycles. The quantitative estimate of drug-likeness (QED) is 0.193. The number of aliphatic imine (C=N–C) groups is 1. The van der Waals surface area contributed by atoms with Crippen molar-refractivity contribution in [1.29, 1.82) is 0 Å². The first-order valence-corrected chi connectivity index (χ1v) is 10.0. The van der Waals surface area contributed by atoms with Crippen molar-refractivity contribution in [2.75, 3.05) is 39.5 Å². The van der Waals surface area contributed by atoms with Crippen LogP contribution in [0, 0.1) is 5.41 Å². The molecule has 1 aliphatic rings. The van der Waals surface area contributed by atoms with Crippen LogP contribution in [0.25, 0.3) is 0 Å². The zero-order valence-corrected chi connectivity index (χ0v) is 18.9. The molecule has 3 N–H and O–H groups in total. The highest BCUT2D eigenvalue weighted by Crippen LogP contribution is 2.32. The van der Waals surface area contributed by atoms with Crippen LogP contribution < -0.4 is 10.6 Å². The van der Waals surface area contributed by atoms with Gasteiger partial charge in [-0.3, -0.25) is 4.99 Å². The van der Waals surface area contributed by atoms with Gasteiger partial charge in [-0.1, -0.05) is 36.8 Å². The summed E-state index contributed by atoms with van der Waals surface area (Å²) >= 11 is 0. The summed E-state index contributed by atoms with van der Waals surface area (Å²) in [5.41, 5.74) is 1.43. The minimum Gasteiger partial charge on any atom is -0.396 e. The van der Waals surface area contributed by atoms with E-state index in [4.69, 9.17) is 9.73 Å². The van der Waals surface area contributed by atoms with E-state index in [2.05, 4.69) is 47.9 Å². The first kappa shape index (κ1) is 24.2. The van der Waals surface area contributed by atoms with Crippen molar-refractivity contribution in [3.05, 3.63) is 35.9 Å². The molecule has 5 nitrogen and oxygen atoms in total. The van der Waals surface area contributed by atoms with Crippen molar-refractivity contribution < 1.29 is 9.84 Å². The third-order valence-corrected chi connectivity index (χ3v) is 5.02. The van der Waals surface area contributed by atoms with Crippen molar-refractivity contribution in [2.45, 2.75) is 45.4 Å². The van der Waals surface area contributed by atoms with Gasteiger partial charge in [0.1, 0.15) is 0 Å². The first-order valence-electron chi connectivity index (χ1n) is 10.0. The number of hydrogen-bond acceptors (Lipinski definition) is 3. The van der Waals surface area contributed by atoms with E-state index in [1.54, 1.807) is 0 Å². The Hall–Kier alpha value is -0.860. The molecular formula is C21H36IN3O2. The van der Waals surface area contributed by atoms with Crippen LogP contribution in [0.3, 0.4) is 0 Å². The molecule has 1 aromatic carbocycles. The van der Waals surface area contributed by atoms with Gasteiger partial charge in [0.25, 0.3) is 0 Å².